The van der Waals surface area contributed by atoms with Gasteiger partial charge in [0.2, 0.25) is 5.88 Å². The number of aromatic nitrogens is 4. The number of carbonyl (C=O) groups excluding carboxylic acids is 1. The van der Waals surface area contributed by atoms with Gasteiger partial charge >= 0.3 is 0 Å². The fourth-order valence-electron chi connectivity index (χ4n) is 2.83. The van der Waals surface area contributed by atoms with E-state index in [1.54, 1.807) is 19.3 Å². The molecule has 2 aliphatic carbocycles. The van der Waals surface area contributed by atoms with Crippen molar-refractivity contribution in [3.63, 3.8) is 0 Å². The third-order valence-corrected chi connectivity index (χ3v) is 4.90. The number of aliphatic hydroxyl groups excluding tert-OH is 1. The zero-order valence-electron chi connectivity index (χ0n) is 16.7. The smallest absolute Gasteiger partial charge is 0.254 e. The van der Waals surface area contributed by atoms with Crippen LogP contribution in [-0.4, -0.2) is 49.9 Å². The van der Waals surface area contributed by atoms with Gasteiger partial charge in [0.25, 0.3) is 5.91 Å². The molecule has 0 unspecified atom stereocenters. The van der Waals surface area contributed by atoms with Gasteiger partial charge < -0.3 is 26.2 Å². The average Bonchev–Trinajstić information content (AvgIpc) is 3.43. The normalized spacial score (nSPS) is 15.7. The van der Waals surface area contributed by atoms with Crippen LogP contribution in [0.25, 0.3) is 5.65 Å². The van der Waals surface area contributed by atoms with Crippen molar-refractivity contribution in [2.24, 2.45) is 5.73 Å². The van der Waals surface area contributed by atoms with Gasteiger partial charge in [-0.15, -0.1) is 0 Å². The molecule has 0 aromatic carbocycles. The molecule has 3 aromatic rings. The zero-order valence-corrected chi connectivity index (χ0v) is 16.7. The third kappa shape index (κ3) is 4.43. The van der Waals surface area contributed by atoms with Crippen molar-refractivity contribution < 1.29 is 14.6 Å². The lowest BCUT2D eigenvalue weighted by molar-refractivity contribution is 0.0949. The molecule has 2 fully saturated rings. The van der Waals surface area contributed by atoms with Crippen LogP contribution < -0.4 is 21.1 Å². The Kier molecular flexibility index (Phi) is 5.66. The van der Waals surface area contributed by atoms with Crippen molar-refractivity contribution >= 4 is 28.9 Å². The van der Waals surface area contributed by atoms with E-state index in [4.69, 9.17) is 15.6 Å². The molecular weight excluding hydrogens is 386 g/mol. The molecule has 3 aromatic heterocycles. The first-order valence-corrected chi connectivity index (χ1v) is 9.98. The van der Waals surface area contributed by atoms with E-state index in [9.17, 15) is 4.79 Å². The molecule has 1 amide bonds. The minimum atomic E-state index is -0.583. The molecule has 2 aliphatic rings. The summed E-state index contributed by atoms with van der Waals surface area (Å²) < 4.78 is 7.33. The number of fused-ring (bicyclic) bond motifs is 1. The van der Waals surface area contributed by atoms with Gasteiger partial charge in [-0.05, 0) is 44.2 Å². The maximum absolute atomic E-state index is 11.6. The zero-order chi connectivity index (χ0) is 21.1. The number of hydrogen-bond acceptors (Lipinski definition) is 8. The molecule has 158 valence electrons. The molecule has 10 nitrogen and oxygen atoms in total. The molecule has 2 saturated carbocycles. The van der Waals surface area contributed by atoms with Gasteiger partial charge in [0.15, 0.2) is 5.65 Å². The van der Waals surface area contributed by atoms with Gasteiger partial charge in [-0.3, -0.25) is 4.79 Å². The minimum absolute atomic E-state index is 0.0648. The largest absolute Gasteiger partial charge is 0.473 e. The van der Waals surface area contributed by atoms with E-state index in [2.05, 4.69) is 25.7 Å². The van der Waals surface area contributed by atoms with Crippen LogP contribution in [0.1, 0.15) is 42.5 Å². The topological polar surface area (TPSA) is 140 Å². The van der Waals surface area contributed by atoms with Crippen LogP contribution in [-0.2, 0) is 0 Å². The van der Waals surface area contributed by atoms with Crippen LogP contribution in [0.4, 0.5) is 17.3 Å². The Labute approximate surface area is 173 Å². The Bertz CT molecular complexity index is 1040. The SMILES string of the molecule is CNc1cc(Nc2cccnc2OC2CC2)nc2c(C(N)=O)cnn12.OC1CCC1. The quantitative estimate of drug-likeness (QED) is 0.483. The average molecular weight is 411 g/mol. The summed E-state index contributed by atoms with van der Waals surface area (Å²) in [4.78, 5) is 20.3. The molecule has 3 heterocycles. The Morgan fingerprint density at radius 2 is 2.10 bits per heavy atom. The van der Waals surface area contributed by atoms with Gasteiger partial charge in [0.1, 0.15) is 29.0 Å². The van der Waals surface area contributed by atoms with Crippen LogP contribution >= 0.6 is 0 Å². The molecule has 5 rings (SSSR count). The number of nitrogens with zero attached hydrogens (tertiary/aromatic N) is 4. The molecule has 5 N–H and O–H groups in total. The maximum Gasteiger partial charge on any atom is 0.254 e. The summed E-state index contributed by atoms with van der Waals surface area (Å²) in [5.41, 5.74) is 6.72. The number of rotatable bonds is 6. The summed E-state index contributed by atoms with van der Waals surface area (Å²) in [5, 5.41) is 18.8. The number of aliphatic hydroxyl groups is 1. The second kappa shape index (κ2) is 8.54. The highest BCUT2D eigenvalue weighted by Gasteiger charge is 2.25. The Balaban J connectivity index is 0.000000383. The summed E-state index contributed by atoms with van der Waals surface area (Å²) >= 11 is 0. The van der Waals surface area contributed by atoms with Crippen LogP contribution in [0.3, 0.4) is 0 Å². The Hall–Kier alpha value is -3.40. The molecule has 30 heavy (non-hydrogen) atoms. The molecule has 0 saturated heterocycles. The van der Waals surface area contributed by atoms with E-state index in [-0.39, 0.29) is 17.8 Å². The number of pyridine rings is 1. The number of hydrogen-bond donors (Lipinski definition) is 4. The summed E-state index contributed by atoms with van der Waals surface area (Å²) in [5.74, 6) is 1.13. The second-order valence-electron chi connectivity index (χ2n) is 7.32. The van der Waals surface area contributed by atoms with E-state index in [1.165, 1.54) is 17.1 Å². The lowest BCUT2D eigenvalue weighted by Gasteiger charge is -2.17. The summed E-state index contributed by atoms with van der Waals surface area (Å²) in [6, 6.07) is 5.45. The van der Waals surface area contributed by atoms with Crippen molar-refractivity contribution in [2.75, 3.05) is 17.7 Å². The van der Waals surface area contributed by atoms with Crippen LogP contribution in [0.15, 0.2) is 30.6 Å². The highest BCUT2D eigenvalue weighted by atomic mass is 16.5. The second-order valence-corrected chi connectivity index (χ2v) is 7.32. The van der Waals surface area contributed by atoms with Crippen molar-refractivity contribution in [2.45, 2.75) is 44.3 Å². The van der Waals surface area contributed by atoms with E-state index in [0.717, 1.165) is 25.7 Å². The molecular formula is C20H25N7O3. The number of primary amides is 1. The standard InChI is InChI=1S/C16H17N7O2.C4H8O/c1-18-13-7-12(22-15-10(14(17)24)8-20-23(13)15)21-11-3-2-6-19-16(11)25-9-4-5-9;5-4-2-1-3-4/h2-3,6-9,18H,4-5H2,1H3,(H2,17,24)(H,21,22);4-5H,1-3H2. The van der Waals surface area contributed by atoms with Crippen molar-refractivity contribution in [3.05, 3.63) is 36.2 Å². The summed E-state index contributed by atoms with van der Waals surface area (Å²) in [7, 11) is 1.76. The van der Waals surface area contributed by atoms with Crippen LogP contribution in [0.2, 0.25) is 0 Å². The van der Waals surface area contributed by atoms with Crippen molar-refractivity contribution in [3.8, 4) is 5.88 Å². The van der Waals surface area contributed by atoms with Gasteiger partial charge in [-0.2, -0.15) is 9.61 Å². The lowest BCUT2D eigenvalue weighted by Crippen LogP contribution is -2.15. The van der Waals surface area contributed by atoms with Crippen molar-refractivity contribution in [1.82, 2.24) is 19.6 Å². The van der Waals surface area contributed by atoms with E-state index in [1.807, 2.05) is 12.1 Å². The number of amides is 1. The van der Waals surface area contributed by atoms with Crippen molar-refractivity contribution in [1.29, 1.82) is 0 Å². The first kappa shape index (κ1) is 19.9. The first-order valence-electron chi connectivity index (χ1n) is 9.98. The van der Waals surface area contributed by atoms with Gasteiger partial charge in [-0.25, -0.2) is 9.97 Å². The van der Waals surface area contributed by atoms with Gasteiger partial charge in [0.05, 0.1) is 12.3 Å². The molecule has 10 heteroatoms. The predicted molar refractivity (Wildman–Crippen MR) is 112 cm³/mol. The number of carbonyl (C=O) groups is 1. The monoisotopic (exact) mass is 411 g/mol. The molecule has 0 spiro atoms. The fraction of sp³-hybridized carbons (Fsp3) is 0.400. The lowest BCUT2D eigenvalue weighted by atomic mass is 9.97. The molecule has 0 bridgehead atoms. The highest BCUT2D eigenvalue weighted by molar-refractivity contribution is 5.99. The number of anilines is 3. The molecule has 0 atom stereocenters. The molecule has 0 radical (unpaired) electrons. The summed E-state index contributed by atoms with van der Waals surface area (Å²) in [6.07, 6.45) is 8.79. The maximum atomic E-state index is 11.6. The van der Waals surface area contributed by atoms with Gasteiger partial charge in [-0.1, -0.05) is 0 Å². The molecule has 0 aliphatic heterocycles. The Morgan fingerprint density at radius 3 is 2.70 bits per heavy atom. The minimum Gasteiger partial charge on any atom is -0.473 e. The fourth-order valence-corrected chi connectivity index (χ4v) is 2.83. The summed E-state index contributed by atoms with van der Waals surface area (Å²) in [6.45, 7) is 0. The number of nitrogens with one attached hydrogen (secondary N) is 2. The number of ether oxygens (including phenoxy) is 1. The van der Waals surface area contributed by atoms with E-state index >= 15 is 0 Å². The van der Waals surface area contributed by atoms with Crippen LogP contribution in [0.5, 0.6) is 5.88 Å². The third-order valence-electron chi connectivity index (χ3n) is 4.90. The van der Waals surface area contributed by atoms with E-state index in [0.29, 0.717) is 28.9 Å². The van der Waals surface area contributed by atoms with E-state index < -0.39 is 5.91 Å². The number of nitrogens with two attached hydrogens (primary N) is 1. The highest BCUT2D eigenvalue weighted by Crippen LogP contribution is 2.32. The predicted octanol–water partition coefficient (Wildman–Crippen LogP) is 2.08. The first-order chi connectivity index (χ1) is 14.5. The van der Waals surface area contributed by atoms with Crippen LogP contribution in [0, 0.1) is 0 Å². The Morgan fingerprint density at radius 1 is 1.33 bits per heavy atom. The van der Waals surface area contributed by atoms with Gasteiger partial charge in [0, 0.05) is 19.3 Å².